The molecule has 3 aromatic rings. The minimum atomic E-state index is -0.143. The van der Waals surface area contributed by atoms with E-state index in [0.29, 0.717) is 5.56 Å². The highest BCUT2D eigenvalue weighted by atomic mass is 16.5. The molecule has 0 aliphatic carbocycles. The molecule has 0 radical (unpaired) electrons. The van der Waals surface area contributed by atoms with Crippen LogP contribution in [0.1, 0.15) is 29.0 Å². The minimum Gasteiger partial charge on any atom is -0.364 e. The third-order valence-corrected chi connectivity index (χ3v) is 3.91. The minimum absolute atomic E-state index is 0.0256. The molecule has 0 fully saturated rings. The molecule has 0 N–H and O–H groups in total. The van der Waals surface area contributed by atoms with Crippen molar-refractivity contribution in [2.24, 2.45) is 7.05 Å². The Morgan fingerprint density at radius 2 is 2.10 bits per heavy atom. The van der Waals surface area contributed by atoms with Gasteiger partial charge >= 0.3 is 0 Å². The van der Waals surface area contributed by atoms with Gasteiger partial charge in [0, 0.05) is 37.3 Å². The number of carbonyl (C=O) groups excluding carboxylic acids is 1. The zero-order chi connectivity index (χ0) is 15.0. The summed E-state index contributed by atoms with van der Waals surface area (Å²) >= 11 is 0. The van der Waals surface area contributed by atoms with Crippen molar-refractivity contribution < 1.29 is 9.32 Å². The lowest BCUT2D eigenvalue weighted by molar-refractivity contribution is 0.0739. The van der Waals surface area contributed by atoms with E-state index in [2.05, 4.69) is 5.16 Å². The van der Waals surface area contributed by atoms with Crippen molar-refractivity contribution in [2.45, 2.75) is 13.0 Å². The Morgan fingerprint density at radius 1 is 1.33 bits per heavy atom. The highest BCUT2D eigenvalue weighted by Gasteiger charge is 2.23. The molecule has 5 heteroatoms. The Hall–Kier alpha value is -2.56. The SMILES string of the molecule is CC(c1ccon1)N(C)C(=O)c1cn(C)c2ccccc12. The molecule has 21 heavy (non-hydrogen) atoms. The number of para-hydroxylation sites is 1. The van der Waals surface area contributed by atoms with Gasteiger partial charge in [0.25, 0.3) is 5.91 Å². The third-order valence-electron chi connectivity index (χ3n) is 3.91. The second kappa shape index (κ2) is 5.09. The predicted octanol–water partition coefficient (Wildman–Crippen LogP) is 3.00. The first-order chi connectivity index (χ1) is 10.1. The van der Waals surface area contributed by atoms with Crippen LogP contribution in [0.5, 0.6) is 0 Å². The largest absolute Gasteiger partial charge is 0.364 e. The van der Waals surface area contributed by atoms with Crippen LogP contribution < -0.4 is 0 Å². The van der Waals surface area contributed by atoms with Crippen LogP contribution >= 0.6 is 0 Å². The molecule has 5 nitrogen and oxygen atoms in total. The number of aromatic nitrogens is 2. The van der Waals surface area contributed by atoms with Crippen LogP contribution in [-0.2, 0) is 7.05 Å². The summed E-state index contributed by atoms with van der Waals surface area (Å²) < 4.78 is 6.82. The van der Waals surface area contributed by atoms with E-state index in [9.17, 15) is 4.79 Å². The lowest BCUT2D eigenvalue weighted by Crippen LogP contribution is -2.29. The summed E-state index contributed by atoms with van der Waals surface area (Å²) in [7, 11) is 3.73. The fourth-order valence-electron chi connectivity index (χ4n) is 2.51. The van der Waals surface area contributed by atoms with Crippen molar-refractivity contribution in [3.63, 3.8) is 0 Å². The van der Waals surface area contributed by atoms with Crippen molar-refractivity contribution in [1.82, 2.24) is 14.6 Å². The summed E-state index contributed by atoms with van der Waals surface area (Å²) in [6.07, 6.45) is 3.39. The van der Waals surface area contributed by atoms with Gasteiger partial charge in [-0.25, -0.2) is 0 Å². The molecular formula is C16H17N3O2. The van der Waals surface area contributed by atoms with E-state index in [4.69, 9.17) is 4.52 Å². The zero-order valence-electron chi connectivity index (χ0n) is 12.3. The first-order valence-electron chi connectivity index (χ1n) is 6.81. The van der Waals surface area contributed by atoms with Gasteiger partial charge < -0.3 is 14.0 Å². The van der Waals surface area contributed by atoms with E-state index in [-0.39, 0.29) is 11.9 Å². The molecule has 1 amide bonds. The number of benzene rings is 1. The summed E-state index contributed by atoms with van der Waals surface area (Å²) in [5.41, 5.74) is 2.49. The van der Waals surface area contributed by atoms with E-state index in [1.54, 1.807) is 18.0 Å². The summed E-state index contributed by atoms with van der Waals surface area (Å²) in [6.45, 7) is 1.93. The maximum atomic E-state index is 12.8. The first-order valence-corrected chi connectivity index (χ1v) is 6.81. The second-order valence-corrected chi connectivity index (χ2v) is 5.19. The highest BCUT2D eigenvalue weighted by Crippen LogP contribution is 2.25. The van der Waals surface area contributed by atoms with Crippen LogP contribution in [0.4, 0.5) is 0 Å². The lowest BCUT2D eigenvalue weighted by Gasteiger charge is -2.22. The van der Waals surface area contributed by atoms with E-state index in [0.717, 1.165) is 16.6 Å². The van der Waals surface area contributed by atoms with Gasteiger partial charge in [-0.1, -0.05) is 23.4 Å². The van der Waals surface area contributed by atoms with E-state index < -0.39 is 0 Å². The van der Waals surface area contributed by atoms with Crippen LogP contribution in [-0.4, -0.2) is 27.6 Å². The smallest absolute Gasteiger partial charge is 0.256 e. The third kappa shape index (κ3) is 2.20. The molecule has 0 saturated carbocycles. The first kappa shape index (κ1) is 13.4. The fourth-order valence-corrected chi connectivity index (χ4v) is 2.51. The van der Waals surface area contributed by atoms with Gasteiger partial charge in [-0.15, -0.1) is 0 Å². The molecule has 0 saturated heterocycles. The number of rotatable bonds is 3. The molecule has 1 unspecified atom stereocenters. The predicted molar refractivity (Wildman–Crippen MR) is 79.9 cm³/mol. The van der Waals surface area contributed by atoms with Gasteiger partial charge in [-0.2, -0.15) is 0 Å². The van der Waals surface area contributed by atoms with E-state index >= 15 is 0 Å². The molecule has 3 rings (SSSR count). The molecule has 0 aliphatic heterocycles. The van der Waals surface area contributed by atoms with Crippen LogP contribution in [0.3, 0.4) is 0 Å². The number of aryl methyl sites for hydroxylation is 1. The van der Waals surface area contributed by atoms with Crippen molar-refractivity contribution in [1.29, 1.82) is 0 Å². The van der Waals surface area contributed by atoms with Crippen LogP contribution in [0.25, 0.3) is 10.9 Å². The normalized spacial score (nSPS) is 12.5. The summed E-state index contributed by atoms with van der Waals surface area (Å²) in [6, 6.07) is 9.52. The number of hydrogen-bond acceptors (Lipinski definition) is 3. The average Bonchev–Trinajstić information content (AvgIpc) is 3.14. The van der Waals surface area contributed by atoms with Crippen LogP contribution in [0.2, 0.25) is 0 Å². The maximum Gasteiger partial charge on any atom is 0.256 e. The van der Waals surface area contributed by atoms with Crippen molar-refractivity contribution in [3.8, 4) is 0 Å². The Balaban J connectivity index is 1.97. The molecular weight excluding hydrogens is 266 g/mol. The fraction of sp³-hybridized carbons (Fsp3) is 0.250. The maximum absolute atomic E-state index is 12.8. The van der Waals surface area contributed by atoms with Gasteiger partial charge in [0.1, 0.15) is 12.0 Å². The molecule has 0 bridgehead atoms. The highest BCUT2D eigenvalue weighted by molar-refractivity contribution is 6.07. The number of carbonyl (C=O) groups is 1. The van der Waals surface area contributed by atoms with E-state index in [1.165, 1.54) is 6.26 Å². The van der Waals surface area contributed by atoms with Crippen molar-refractivity contribution >= 4 is 16.8 Å². The van der Waals surface area contributed by atoms with Gasteiger partial charge in [-0.05, 0) is 13.0 Å². The summed E-state index contributed by atoms with van der Waals surface area (Å²) in [5.74, 6) is -0.0256. The second-order valence-electron chi connectivity index (χ2n) is 5.19. The van der Waals surface area contributed by atoms with Gasteiger partial charge in [0.05, 0.1) is 11.6 Å². The number of fused-ring (bicyclic) bond motifs is 1. The molecule has 1 atom stereocenters. The van der Waals surface area contributed by atoms with Crippen molar-refractivity contribution in [2.75, 3.05) is 7.05 Å². The molecule has 2 heterocycles. The number of nitrogens with zero attached hydrogens (tertiary/aromatic N) is 3. The molecule has 1 aromatic carbocycles. The Morgan fingerprint density at radius 3 is 2.81 bits per heavy atom. The standard InChI is InChI=1S/C16H17N3O2/c1-11(14-8-9-21-17-14)19(3)16(20)13-10-18(2)15-7-5-4-6-12(13)15/h4-11H,1-3H3. The van der Waals surface area contributed by atoms with Crippen LogP contribution in [0.15, 0.2) is 47.3 Å². The molecule has 108 valence electrons. The molecule has 0 aliphatic rings. The topological polar surface area (TPSA) is 51.3 Å². The van der Waals surface area contributed by atoms with Gasteiger partial charge in [0.2, 0.25) is 0 Å². The quantitative estimate of drug-likeness (QED) is 0.742. The molecule has 0 spiro atoms. The summed E-state index contributed by atoms with van der Waals surface area (Å²) in [4.78, 5) is 14.4. The monoisotopic (exact) mass is 283 g/mol. The average molecular weight is 283 g/mol. The zero-order valence-corrected chi connectivity index (χ0v) is 12.3. The Labute approximate surface area is 122 Å². The van der Waals surface area contributed by atoms with Gasteiger partial charge in [0.15, 0.2) is 0 Å². The lowest BCUT2D eigenvalue weighted by atomic mass is 10.1. The number of hydrogen-bond donors (Lipinski definition) is 0. The van der Waals surface area contributed by atoms with Crippen LogP contribution in [0, 0.1) is 0 Å². The Bertz CT molecular complexity index is 774. The molecule has 2 aromatic heterocycles. The summed E-state index contributed by atoms with van der Waals surface area (Å²) in [5, 5.41) is 4.87. The van der Waals surface area contributed by atoms with E-state index in [1.807, 2.05) is 49.0 Å². The van der Waals surface area contributed by atoms with Crippen molar-refractivity contribution in [3.05, 3.63) is 54.0 Å². The van der Waals surface area contributed by atoms with Gasteiger partial charge in [-0.3, -0.25) is 4.79 Å². The Kier molecular flexibility index (Phi) is 3.25. The number of amides is 1.